The number of piperidine rings is 1. The van der Waals surface area contributed by atoms with E-state index in [1.54, 1.807) is 4.57 Å². The summed E-state index contributed by atoms with van der Waals surface area (Å²) in [5.41, 5.74) is -1.02. The van der Waals surface area contributed by atoms with E-state index in [4.69, 9.17) is 9.47 Å². The molecule has 3 aromatic rings. The van der Waals surface area contributed by atoms with Gasteiger partial charge in [0.25, 0.3) is 0 Å². The molecular weight excluding hydrogens is 705 g/mol. The van der Waals surface area contributed by atoms with Gasteiger partial charge in [-0.25, -0.2) is 14.0 Å². The van der Waals surface area contributed by atoms with Gasteiger partial charge in [0.1, 0.15) is 11.3 Å². The number of nitrogens with one attached hydrogen (secondary N) is 1. The van der Waals surface area contributed by atoms with E-state index in [1.165, 1.54) is 31.6 Å². The zero-order valence-electron chi connectivity index (χ0n) is 26.6. The number of ether oxygens (including phenoxy) is 4. The van der Waals surface area contributed by atoms with Crippen molar-refractivity contribution in [3.63, 3.8) is 0 Å². The average molecular weight is 741 g/mol. The van der Waals surface area contributed by atoms with Gasteiger partial charge in [0.15, 0.2) is 11.6 Å². The van der Waals surface area contributed by atoms with Crippen LogP contribution in [0.15, 0.2) is 41.6 Å². The van der Waals surface area contributed by atoms with Gasteiger partial charge in [-0.15, -0.1) is 0 Å². The fourth-order valence-electron chi connectivity index (χ4n) is 6.62. The minimum absolute atomic E-state index is 0.0998. The number of carbonyl (C=O) groups excluding carboxylic acids is 2. The molecule has 6 rings (SSSR count). The first-order valence-corrected chi connectivity index (χ1v) is 18.8. The molecule has 270 valence electrons. The highest BCUT2D eigenvalue weighted by molar-refractivity contribution is 7.72. The number of nitrogens with zero attached hydrogens (tertiary/aromatic N) is 3. The summed E-state index contributed by atoms with van der Waals surface area (Å²) in [6.07, 6.45) is 3.87. The van der Waals surface area contributed by atoms with Crippen LogP contribution < -0.4 is 20.4 Å². The predicted octanol–water partition coefficient (Wildman–Crippen LogP) is 2.59. The highest BCUT2D eigenvalue weighted by atomic mass is 31.2. The number of anilines is 1. The van der Waals surface area contributed by atoms with Crippen molar-refractivity contribution < 1.29 is 61.6 Å². The second kappa shape index (κ2) is 13.7. The molecule has 0 bridgehead atoms. The molecule has 0 spiro atoms. The lowest BCUT2D eigenvalue weighted by Gasteiger charge is -2.33. The normalized spacial score (nSPS) is 19.6. The zero-order valence-corrected chi connectivity index (χ0v) is 28.4. The van der Waals surface area contributed by atoms with Gasteiger partial charge in [-0.3, -0.25) is 18.9 Å². The van der Waals surface area contributed by atoms with E-state index in [2.05, 4.69) is 19.8 Å². The molecule has 2 atom stereocenters. The van der Waals surface area contributed by atoms with E-state index in [0.717, 1.165) is 31.6 Å². The molecule has 0 amide bonds. The van der Waals surface area contributed by atoms with E-state index >= 15 is 4.39 Å². The monoisotopic (exact) mass is 740 g/mol. The molecule has 2 aliphatic heterocycles. The topological polar surface area (TPSA) is 236 Å². The van der Waals surface area contributed by atoms with Crippen LogP contribution >= 0.6 is 15.2 Å². The molecular formula is C30H35FN4O13P2. The SMILES string of the molecule is COc1c(N2CC3CCCNC3C2)c(F)cc2c(=O)c(C(=O)OCOC(=O)OC(Cc3cccnc3)(P(=O)(O)O)P(=O)(O)O)cn(C3CC3)c12. The molecule has 50 heavy (non-hydrogen) atoms. The molecule has 1 aliphatic carbocycles. The molecule has 1 saturated carbocycles. The molecule has 20 heteroatoms. The summed E-state index contributed by atoms with van der Waals surface area (Å²) in [5.74, 6) is -1.53. The van der Waals surface area contributed by atoms with Gasteiger partial charge in [0.2, 0.25) is 12.2 Å². The highest BCUT2D eigenvalue weighted by Crippen LogP contribution is 2.70. The zero-order chi connectivity index (χ0) is 36.0. The van der Waals surface area contributed by atoms with E-state index in [0.29, 0.717) is 37.4 Å². The van der Waals surface area contributed by atoms with E-state index < -0.39 is 62.4 Å². The van der Waals surface area contributed by atoms with Crippen LogP contribution in [0, 0.1) is 11.7 Å². The lowest BCUT2D eigenvalue weighted by molar-refractivity contribution is -0.0412. The molecule has 3 fully saturated rings. The summed E-state index contributed by atoms with van der Waals surface area (Å²) in [4.78, 5) is 84.6. The van der Waals surface area contributed by atoms with Crippen LogP contribution in [0.2, 0.25) is 0 Å². The number of hydrogen-bond acceptors (Lipinski definition) is 12. The number of rotatable bonds is 11. The summed E-state index contributed by atoms with van der Waals surface area (Å²) in [6.45, 7) is 0.749. The smallest absolute Gasteiger partial charge is 0.492 e. The largest absolute Gasteiger partial charge is 0.513 e. The molecule has 2 aromatic heterocycles. The summed E-state index contributed by atoms with van der Waals surface area (Å²) >= 11 is 0. The second-order valence-corrected chi connectivity index (χ2v) is 16.4. The summed E-state index contributed by atoms with van der Waals surface area (Å²) < 4.78 is 62.1. The highest BCUT2D eigenvalue weighted by Gasteiger charge is 2.64. The Morgan fingerprint density at radius 1 is 1.12 bits per heavy atom. The number of hydrogen-bond donors (Lipinski definition) is 5. The van der Waals surface area contributed by atoms with Gasteiger partial charge in [0, 0.05) is 50.2 Å². The van der Waals surface area contributed by atoms with Crippen LogP contribution in [0.25, 0.3) is 10.9 Å². The van der Waals surface area contributed by atoms with E-state index in [9.17, 15) is 43.1 Å². The second-order valence-electron chi connectivity index (χ2n) is 12.4. The van der Waals surface area contributed by atoms with Crippen molar-refractivity contribution >= 4 is 43.9 Å². The number of halogens is 1. The first-order valence-electron chi connectivity index (χ1n) is 15.6. The van der Waals surface area contributed by atoms with Gasteiger partial charge in [-0.05, 0) is 55.8 Å². The minimum Gasteiger partial charge on any atom is -0.492 e. The quantitative estimate of drug-likeness (QED) is 0.108. The first kappa shape index (κ1) is 35.9. The van der Waals surface area contributed by atoms with Gasteiger partial charge in [0.05, 0.1) is 18.0 Å². The van der Waals surface area contributed by atoms with Crippen LogP contribution in [0.1, 0.15) is 47.6 Å². The first-order chi connectivity index (χ1) is 23.6. The van der Waals surface area contributed by atoms with Gasteiger partial charge in [-0.2, -0.15) is 0 Å². The average Bonchev–Trinajstić information content (AvgIpc) is 3.81. The maximum atomic E-state index is 15.9. The standard InChI is InChI=1S/C30H35FN4O13P2/c1-45-27-24-20(10-22(31)25(27)34-13-18-5-3-9-33-23(18)15-34)26(36)21(14-35(24)19-6-7-19)28(37)46-16-47-29(38)48-30(49(39,40)41,50(42,43)44)11-17-4-2-8-32-12-17/h2,4,8,10,12,14,18-19,23,33H,3,5-7,9,11,13,15-16H2,1H3,(H2,39,40,41)(H2,42,43,44). The Hall–Kier alpha value is -3.89. The number of pyridine rings is 2. The van der Waals surface area contributed by atoms with Crippen LogP contribution in [0.5, 0.6) is 5.75 Å². The fourth-order valence-corrected chi connectivity index (χ4v) is 9.14. The van der Waals surface area contributed by atoms with Crippen molar-refractivity contribution in [1.82, 2.24) is 14.9 Å². The van der Waals surface area contributed by atoms with Crippen LogP contribution in [0.3, 0.4) is 0 Å². The lowest BCUT2D eigenvalue weighted by Crippen LogP contribution is -2.40. The van der Waals surface area contributed by atoms with Crippen molar-refractivity contribution in [2.45, 2.75) is 49.3 Å². The Morgan fingerprint density at radius 2 is 1.86 bits per heavy atom. The van der Waals surface area contributed by atoms with Crippen molar-refractivity contribution in [2.75, 3.05) is 38.4 Å². The molecule has 2 saturated heterocycles. The molecule has 0 radical (unpaired) electrons. The van der Waals surface area contributed by atoms with E-state index in [-0.39, 0.29) is 34.5 Å². The molecule has 2 unspecified atom stereocenters. The van der Waals surface area contributed by atoms with E-state index in [1.807, 2.05) is 4.90 Å². The number of benzene rings is 1. The summed E-state index contributed by atoms with van der Waals surface area (Å²) in [7, 11) is -10.5. The minimum atomic E-state index is -5.93. The predicted molar refractivity (Wildman–Crippen MR) is 172 cm³/mol. The summed E-state index contributed by atoms with van der Waals surface area (Å²) in [5, 5.41) is -0.374. The fraction of sp³-hybridized carbons (Fsp3) is 0.467. The van der Waals surface area contributed by atoms with Crippen molar-refractivity contribution in [2.24, 2.45) is 5.92 Å². The molecule has 5 N–H and O–H groups in total. The Kier molecular flexibility index (Phi) is 9.82. The molecule has 17 nitrogen and oxygen atoms in total. The van der Waals surface area contributed by atoms with Crippen LogP contribution in [-0.2, 0) is 29.8 Å². The Bertz CT molecular complexity index is 1930. The Balaban J connectivity index is 1.24. The van der Waals surface area contributed by atoms with Crippen LogP contribution in [-0.4, -0.2) is 85.9 Å². The van der Waals surface area contributed by atoms with Crippen molar-refractivity contribution in [1.29, 1.82) is 0 Å². The number of esters is 1. The third kappa shape index (κ3) is 6.76. The van der Waals surface area contributed by atoms with Gasteiger partial charge < -0.3 is 53.3 Å². The summed E-state index contributed by atoms with van der Waals surface area (Å²) in [6, 6.07) is 3.66. The number of fused-ring (bicyclic) bond motifs is 2. The Morgan fingerprint density at radius 3 is 2.48 bits per heavy atom. The maximum Gasteiger partial charge on any atom is 0.513 e. The number of aromatic nitrogens is 2. The maximum absolute atomic E-state index is 15.9. The van der Waals surface area contributed by atoms with Crippen LogP contribution in [0.4, 0.5) is 14.9 Å². The molecule has 3 aliphatic rings. The third-order valence-corrected chi connectivity index (χ3v) is 13.0. The number of carbonyl (C=O) groups is 2. The van der Waals surface area contributed by atoms with Crippen molar-refractivity contribution in [3.05, 3.63) is 64.0 Å². The van der Waals surface area contributed by atoms with Gasteiger partial charge in [-0.1, -0.05) is 6.07 Å². The lowest BCUT2D eigenvalue weighted by atomic mass is 9.94. The van der Waals surface area contributed by atoms with Gasteiger partial charge >= 0.3 is 32.4 Å². The van der Waals surface area contributed by atoms with Crippen molar-refractivity contribution in [3.8, 4) is 5.75 Å². The number of methoxy groups -OCH3 is 1. The third-order valence-electron chi connectivity index (χ3n) is 9.16. The Labute approximate surface area is 283 Å². The molecule has 4 heterocycles. The molecule has 1 aromatic carbocycles.